The third kappa shape index (κ3) is 1.75. The molecule has 0 aliphatic heterocycles. The Bertz CT molecular complexity index is 530. The molecule has 2 aromatic rings. The SMILES string of the molecule is O=c1c(CO)c[nH]n1-c1ccccc1Br. The van der Waals surface area contributed by atoms with Crippen LogP contribution in [0.25, 0.3) is 5.69 Å². The van der Waals surface area contributed by atoms with E-state index in [4.69, 9.17) is 5.11 Å². The molecule has 78 valence electrons. The average Bonchev–Trinajstić information content (AvgIpc) is 2.60. The first-order valence-electron chi connectivity index (χ1n) is 4.39. The summed E-state index contributed by atoms with van der Waals surface area (Å²) in [5.41, 5.74) is 0.845. The Labute approximate surface area is 94.3 Å². The molecule has 1 aromatic carbocycles. The summed E-state index contributed by atoms with van der Waals surface area (Å²) in [7, 11) is 0. The number of benzene rings is 1. The number of rotatable bonds is 2. The van der Waals surface area contributed by atoms with Gasteiger partial charge >= 0.3 is 0 Å². The predicted molar refractivity (Wildman–Crippen MR) is 60.0 cm³/mol. The number of hydrogen-bond donors (Lipinski definition) is 2. The lowest BCUT2D eigenvalue weighted by molar-refractivity contribution is 0.280. The Hall–Kier alpha value is -1.33. The van der Waals surface area contributed by atoms with Gasteiger partial charge in [-0.1, -0.05) is 12.1 Å². The number of nitrogens with zero attached hydrogens (tertiary/aromatic N) is 1. The quantitative estimate of drug-likeness (QED) is 0.866. The molecule has 0 aliphatic carbocycles. The zero-order valence-corrected chi connectivity index (χ0v) is 9.36. The van der Waals surface area contributed by atoms with Crippen molar-refractivity contribution in [1.82, 2.24) is 9.78 Å². The van der Waals surface area contributed by atoms with E-state index in [-0.39, 0.29) is 12.2 Å². The summed E-state index contributed by atoms with van der Waals surface area (Å²) in [5.74, 6) is 0. The Morgan fingerprint density at radius 1 is 1.40 bits per heavy atom. The molecule has 5 heteroatoms. The molecule has 0 bridgehead atoms. The van der Waals surface area contributed by atoms with E-state index in [1.165, 1.54) is 10.9 Å². The van der Waals surface area contributed by atoms with E-state index in [1.807, 2.05) is 24.3 Å². The van der Waals surface area contributed by atoms with E-state index in [0.717, 1.165) is 10.2 Å². The molecule has 0 saturated heterocycles. The van der Waals surface area contributed by atoms with Gasteiger partial charge in [-0.25, -0.2) is 4.68 Å². The summed E-state index contributed by atoms with van der Waals surface area (Å²) in [6.07, 6.45) is 1.50. The van der Waals surface area contributed by atoms with Gasteiger partial charge in [0.2, 0.25) is 0 Å². The normalized spacial score (nSPS) is 10.5. The van der Waals surface area contributed by atoms with Crippen molar-refractivity contribution in [2.24, 2.45) is 0 Å². The maximum atomic E-state index is 11.7. The van der Waals surface area contributed by atoms with Crippen LogP contribution >= 0.6 is 15.9 Å². The van der Waals surface area contributed by atoms with Crippen molar-refractivity contribution < 1.29 is 5.11 Å². The minimum atomic E-state index is -0.257. The van der Waals surface area contributed by atoms with E-state index in [9.17, 15) is 4.79 Å². The van der Waals surface area contributed by atoms with Gasteiger partial charge in [0, 0.05) is 10.7 Å². The van der Waals surface area contributed by atoms with E-state index in [1.54, 1.807) is 0 Å². The first-order chi connectivity index (χ1) is 7.24. The van der Waals surface area contributed by atoms with Crippen LogP contribution in [0, 0.1) is 0 Å². The molecule has 0 radical (unpaired) electrons. The van der Waals surface area contributed by atoms with Crippen LogP contribution in [-0.2, 0) is 6.61 Å². The molecular formula is C10H9BrN2O2. The van der Waals surface area contributed by atoms with Gasteiger partial charge in [-0.15, -0.1) is 0 Å². The van der Waals surface area contributed by atoms with Gasteiger partial charge in [0.15, 0.2) is 0 Å². The zero-order chi connectivity index (χ0) is 10.8. The topological polar surface area (TPSA) is 58.0 Å². The van der Waals surface area contributed by atoms with Crippen molar-refractivity contribution in [2.45, 2.75) is 6.61 Å². The fourth-order valence-electron chi connectivity index (χ4n) is 1.33. The van der Waals surface area contributed by atoms with Crippen molar-refractivity contribution in [2.75, 3.05) is 0 Å². The molecule has 1 heterocycles. The van der Waals surface area contributed by atoms with E-state index >= 15 is 0 Å². The first-order valence-corrected chi connectivity index (χ1v) is 5.18. The Kier molecular flexibility index (Phi) is 2.75. The second-order valence-electron chi connectivity index (χ2n) is 3.05. The molecule has 0 aliphatic rings. The molecule has 1 aromatic heterocycles. The van der Waals surface area contributed by atoms with Crippen LogP contribution in [0.5, 0.6) is 0 Å². The summed E-state index contributed by atoms with van der Waals surface area (Å²) >= 11 is 3.36. The fourth-order valence-corrected chi connectivity index (χ4v) is 1.79. The van der Waals surface area contributed by atoms with E-state index in [0.29, 0.717) is 5.56 Å². The van der Waals surface area contributed by atoms with Gasteiger partial charge in [0.25, 0.3) is 5.56 Å². The maximum Gasteiger partial charge on any atom is 0.276 e. The van der Waals surface area contributed by atoms with Gasteiger partial charge in [0.05, 0.1) is 17.9 Å². The lowest BCUT2D eigenvalue weighted by atomic mass is 10.3. The van der Waals surface area contributed by atoms with Crippen LogP contribution in [0.15, 0.2) is 39.7 Å². The number of para-hydroxylation sites is 1. The monoisotopic (exact) mass is 268 g/mol. The molecule has 15 heavy (non-hydrogen) atoms. The van der Waals surface area contributed by atoms with Crippen LogP contribution in [-0.4, -0.2) is 14.9 Å². The maximum absolute atomic E-state index is 11.7. The summed E-state index contributed by atoms with van der Waals surface area (Å²) in [6.45, 7) is -0.257. The second-order valence-corrected chi connectivity index (χ2v) is 3.90. The van der Waals surface area contributed by atoms with Crippen molar-refractivity contribution in [3.63, 3.8) is 0 Å². The summed E-state index contributed by atoms with van der Waals surface area (Å²) in [6, 6.07) is 7.37. The lowest BCUT2D eigenvalue weighted by Gasteiger charge is -2.03. The molecule has 0 unspecified atom stereocenters. The van der Waals surface area contributed by atoms with E-state index < -0.39 is 0 Å². The Morgan fingerprint density at radius 3 is 2.73 bits per heavy atom. The predicted octanol–water partition coefficient (Wildman–Crippen LogP) is 1.42. The summed E-state index contributed by atoms with van der Waals surface area (Å²) in [5, 5.41) is 11.7. The highest BCUT2D eigenvalue weighted by Gasteiger charge is 2.08. The summed E-state index contributed by atoms with van der Waals surface area (Å²) < 4.78 is 2.20. The molecule has 0 fully saturated rings. The highest BCUT2D eigenvalue weighted by atomic mass is 79.9. The van der Waals surface area contributed by atoms with Crippen LogP contribution in [0.1, 0.15) is 5.56 Å². The largest absolute Gasteiger partial charge is 0.391 e. The second kappa shape index (κ2) is 4.04. The van der Waals surface area contributed by atoms with Crippen LogP contribution < -0.4 is 5.56 Å². The standard InChI is InChI=1S/C10H9BrN2O2/c11-8-3-1-2-4-9(8)13-10(15)7(6-14)5-12-13/h1-5,12,14H,6H2. The highest BCUT2D eigenvalue weighted by Crippen LogP contribution is 2.18. The van der Waals surface area contributed by atoms with Crippen molar-refractivity contribution in [3.8, 4) is 5.69 Å². The molecule has 0 spiro atoms. The van der Waals surface area contributed by atoms with Crippen molar-refractivity contribution >= 4 is 15.9 Å². The highest BCUT2D eigenvalue weighted by molar-refractivity contribution is 9.10. The van der Waals surface area contributed by atoms with Gasteiger partial charge in [-0.3, -0.25) is 9.89 Å². The molecule has 2 rings (SSSR count). The number of aliphatic hydroxyl groups excluding tert-OH is 1. The number of nitrogens with one attached hydrogen (secondary N) is 1. The average molecular weight is 269 g/mol. The fraction of sp³-hybridized carbons (Fsp3) is 0.100. The van der Waals surface area contributed by atoms with Gasteiger partial charge in [-0.05, 0) is 28.1 Å². The first kappa shape index (κ1) is 10.2. The van der Waals surface area contributed by atoms with Crippen molar-refractivity contribution in [3.05, 3.63) is 50.9 Å². The number of H-pyrrole nitrogens is 1. The smallest absolute Gasteiger partial charge is 0.276 e. The molecule has 4 nitrogen and oxygen atoms in total. The number of aromatic amines is 1. The molecule has 0 atom stereocenters. The number of aliphatic hydroxyl groups is 1. The third-order valence-corrected chi connectivity index (χ3v) is 2.78. The molecule has 0 saturated carbocycles. The Balaban J connectivity index is 2.60. The van der Waals surface area contributed by atoms with Gasteiger partial charge in [0.1, 0.15) is 0 Å². The van der Waals surface area contributed by atoms with E-state index in [2.05, 4.69) is 21.0 Å². The lowest BCUT2D eigenvalue weighted by Crippen LogP contribution is -2.17. The van der Waals surface area contributed by atoms with Gasteiger partial charge < -0.3 is 5.11 Å². The number of hydrogen-bond acceptors (Lipinski definition) is 2. The molecule has 2 N–H and O–H groups in total. The molecular weight excluding hydrogens is 260 g/mol. The third-order valence-electron chi connectivity index (χ3n) is 2.11. The number of halogens is 1. The van der Waals surface area contributed by atoms with Crippen molar-refractivity contribution in [1.29, 1.82) is 0 Å². The molecule has 0 amide bonds. The van der Waals surface area contributed by atoms with Crippen LogP contribution in [0.3, 0.4) is 0 Å². The number of aromatic nitrogens is 2. The summed E-state index contributed by atoms with van der Waals surface area (Å²) in [4.78, 5) is 11.7. The minimum Gasteiger partial charge on any atom is -0.391 e. The van der Waals surface area contributed by atoms with Crippen LogP contribution in [0.2, 0.25) is 0 Å². The van der Waals surface area contributed by atoms with Crippen LogP contribution in [0.4, 0.5) is 0 Å². The zero-order valence-electron chi connectivity index (χ0n) is 7.77. The minimum absolute atomic E-state index is 0.232. The van der Waals surface area contributed by atoms with Gasteiger partial charge in [-0.2, -0.15) is 0 Å². The Morgan fingerprint density at radius 2 is 2.13 bits per heavy atom.